The zero-order chi connectivity index (χ0) is 17.0. The van der Waals surface area contributed by atoms with Crippen molar-refractivity contribution in [3.05, 3.63) is 17.7 Å². The Hall–Kier alpha value is -1.75. The number of hydrogen-bond acceptors (Lipinski definition) is 4. The quantitative estimate of drug-likeness (QED) is 0.835. The second kappa shape index (κ2) is 5.66. The molecule has 24 heavy (non-hydrogen) atoms. The van der Waals surface area contributed by atoms with Gasteiger partial charge in [-0.1, -0.05) is 0 Å². The topological polar surface area (TPSA) is 36.0 Å². The molecule has 1 aromatic rings. The number of piperidine rings is 1. The lowest BCUT2D eigenvalue weighted by Crippen LogP contribution is -2.51. The molecule has 5 heteroatoms. The van der Waals surface area contributed by atoms with E-state index in [0.29, 0.717) is 18.0 Å². The third kappa shape index (κ3) is 2.21. The molecule has 3 aliphatic rings. The SMILES string of the molecule is COc1cc2c3c(c1)N(C(C)=O)CCN3C1CCN(C(C)C)CC21. The number of fused-ring (bicyclic) bond motifs is 3. The molecule has 1 fully saturated rings. The highest BCUT2D eigenvalue weighted by atomic mass is 16.5. The molecule has 3 heterocycles. The third-order valence-corrected chi connectivity index (χ3v) is 5.99. The molecule has 130 valence electrons. The second-order valence-corrected chi connectivity index (χ2v) is 7.50. The largest absolute Gasteiger partial charge is 0.497 e. The highest BCUT2D eigenvalue weighted by Crippen LogP contribution is 2.52. The van der Waals surface area contributed by atoms with Crippen molar-refractivity contribution in [1.82, 2.24) is 4.90 Å². The molecule has 0 saturated carbocycles. The Balaban J connectivity index is 1.82. The Kier molecular flexibility index (Phi) is 3.71. The Morgan fingerprint density at radius 3 is 2.71 bits per heavy atom. The fraction of sp³-hybridized carbons (Fsp3) is 0.632. The average Bonchev–Trinajstić information content (AvgIpc) is 2.89. The Morgan fingerprint density at radius 1 is 1.25 bits per heavy atom. The molecule has 1 aromatic carbocycles. The summed E-state index contributed by atoms with van der Waals surface area (Å²) in [6.45, 7) is 10.2. The van der Waals surface area contributed by atoms with Gasteiger partial charge in [0.25, 0.3) is 0 Å². The highest BCUT2D eigenvalue weighted by Gasteiger charge is 2.46. The normalized spacial score (nSPS) is 25.7. The fourth-order valence-electron chi connectivity index (χ4n) is 4.74. The maximum atomic E-state index is 12.1. The predicted molar refractivity (Wildman–Crippen MR) is 96.2 cm³/mol. The predicted octanol–water partition coefficient (Wildman–Crippen LogP) is 2.45. The maximum absolute atomic E-state index is 12.1. The molecule has 0 bridgehead atoms. The Labute approximate surface area is 144 Å². The number of nitrogens with zero attached hydrogens (tertiary/aromatic N) is 3. The summed E-state index contributed by atoms with van der Waals surface area (Å²) in [5, 5.41) is 0. The van der Waals surface area contributed by atoms with Crippen LogP contribution in [0.1, 0.15) is 38.7 Å². The molecule has 0 spiro atoms. The van der Waals surface area contributed by atoms with Crippen molar-refractivity contribution in [3.63, 3.8) is 0 Å². The summed E-state index contributed by atoms with van der Waals surface area (Å²) in [4.78, 5) is 19.2. The van der Waals surface area contributed by atoms with Crippen molar-refractivity contribution in [3.8, 4) is 5.75 Å². The van der Waals surface area contributed by atoms with Crippen LogP contribution in [0.3, 0.4) is 0 Å². The van der Waals surface area contributed by atoms with Gasteiger partial charge in [-0.2, -0.15) is 0 Å². The number of rotatable bonds is 2. The molecule has 0 aliphatic carbocycles. The molecule has 5 nitrogen and oxygen atoms in total. The first-order valence-corrected chi connectivity index (χ1v) is 9.02. The Morgan fingerprint density at radius 2 is 2.04 bits per heavy atom. The number of amides is 1. The summed E-state index contributed by atoms with van der Waals surface area (Å²) in [7, 11) is 1.71. The van der Waals surface area contributed by atoms with Crippen molar-refractivity contribution >= 4 is 17.3 Å². The van der Waals surface area contributed by atoms with Crippen molar-refractivity contribution < 1.29 is 9.53 Å². The van der Waals surface area contributed by atoms with E-state index in [4.69, 9.17) is 4.74 Å². The maximum Gasteiger partial charge on any atom is 0.223 e. The van der Waals surface area contributed by atoms with Gasteiger partial charge < -0.3 is 19.4 Å². The summed E-state index contributed by atoms with van der Waals surface area (Å²) in [5.41, 5.74) is 3.68. The minimum absolute atomic E-state index is 0.115. The number of carbonyl (C=O) groups excluding carboxylic acids is 1. The molecule has 1 saturated heterocycles. The standard InChI is InChI=1S/C19H27N3O2/c1-12(2)20-6-5-17-16(11-20)15-9-14(24-4)10-18-19(15)22(17)8-7-21(18)13(3)23/h9-10,12,16-17H,5-8,11H2,1-4H3. The molecule has 0 N–H and O–H groups in total. The number of likely N-dealkylation sites (tertiary alicyclic amines) is 1. The number of anilines is 2. The zero-order valence-corrected chi connectivity index (χ0v) is 15.1. The number of benzene rings is 1. The van der Waals surface area contributed by atoms with Crippen molar-refractivity contribution in [1.29, 1.82) is 0 Å². The summed E-state index contributed by atoms with van der Waals surface area (Å²) in [5.74, 6) is 1.49. The first kappa shape index (κ1) is 15.8. The number of ether oxygens (including phenoxy) is 1. The minimum Gasteiger partial charge on any atom is -0.497 e. The first-order valence-electron chi connectivity index (χ1n) is 9.02. The van der Waals surface area contributed by atoms with Gasteiger partial charge >= 0.3 is 0 Å². The van der Waals surface area contributed by atoms with Gasteiger partial charge in [0, 0.05) is 57.2 Å². The molecular formula is C19H27N3O2. The van der Waals surface area contributed by atoms with Crippen LogP contribution < -0.4 is 14.5 Å². The van der Waals surface area contributed by atoms with E-state index in [-0.39, 0.29) is 5.91 Å². The van der Waals surface area contributed by atoms with E-state index in [1.807, 2.05) is 11.0 Å². The summed E-state index contributed by atoms with van der Waals surface area (Å²) in [6.07, 6.45) is 1.19. The summed E-state index contributed by atoms with van der Waals surface area (Å²) in [6, 6.07) is 5.37. The zero-order valence-electron chi connectivity index (χ0n) is 15.1. The lowest BCUT2D eigenvalue weighted by atomic mass is 9.88. The van der Waals surface area contributed by atoms with Crippen LogP contribution in [0.2, 0.25) is 0 Å². The van der Waals surface area contributed by atoms with Crippen LogP contribution in [0, 0.1) is 0 Å². The molecule has 2 atom stereocenters. The van der Waals surface area contributed by atoms with Gasteiger partial charge in [-0.25, -0.2) is 0 Å². The number of hydrogen-bond donors (Lipinski definition) is 0. The number of methoxy groups -OCH3 is 1. The van der Waals surface area contributed by atoms with Gasteiger partial charge in [0.2, 0.25) is 5.91 Å². The van der Waals surface area contributed by atoms with Gasteiger partial charge in [-0.05, 0) is 31.9 Å². The average molecular weight is 329 g/mol. The molecule has 0 aromatic heterocycles. The van der Waals surface area contributed by atoms with Crippen LogP contribution in [0.5, 0.6) is 5.75 Å². The van der Waals surface area contributed by atoms with Crippen molar-refractivity contribution in [2.75, 3.05) is 43.1 Å². The minimum atomic E-state index is 0.115. The van der Waals surface area contributed by atoms with E-state index < -0.39 is 0 Å². The van der Waals surface area contributed by atoms with Gasteiger partial charge in [0.1, 0.15) is 5.75 Å². The molecular weight excluding hydrogens is 302 g/mol. The molecule has 4 rings (SSSR count). The monoisotopic (exact) mass is 329 g/mol. The lowest BCUT2D eigenvalue weighted by molar-refractivity contribution is -0.116. The fourth-order valence-corrected chi connectivity index (χ4v) is 4.74. The van der Waals surface area contributed by atoms with Crippen molar-refractivity contribution in [2.45, 2.75) is 45.2 Å². The van der Waals surface area contributed by atoms with E-state index in [9.17, 15) is 4.79 Å². The molecule has 1 amide bonds. The lowest BCUT2D eigenvalue weighted by Gasteiger charge is -2.42. The van der Waals surface area contributed by atoms with Crippen LogP contribution >= 0.6 is 0 Å². The van der Waals surface area contributed by atoms with E-state index in [2.05, 4.69) is 29.7 Å². The van der Waals surface area contributed by atoms with Gasteiger partial charge in [-0.3, -0.25) is 4.79 Å². The van der Waals surface area contributed by atoms with Crippen molar-refractivity contribution in [2.24, 2.45) is 0 Å². The van der Waals surface area contributed by atoms with Gasteiger partial charge in [0.05, 0.1) is 18.5 Å². The van der Waals surface area contributed by atoms with E-state index in [1.165, 1.54) is 17.7 Å². The van der Waals surface area contributed by atoms with Crippen LogP contribution in [0.15, 0.2) is 12.1 Å². The smallest absolute Gasteiger partial charge is 0.223 e. The number of carbonyl (C=O) groups is 1. The van der Waals surface area contributed by atoms with Gasteiger partial charge in [-0.15, -0.1) is 0 Å². The van der Waals surface area contributed by atoms with Crippen LogP contribution in [-0.4, -0.2) is 56.2 Å². The molecule has 0 radical (unpaired) electrons. The van der Waals surface area contributed by atoms with Gasteiger partial charge in [0.15, 0.2) is 0 Å². The second-order valence-electron chi connectivity index (χ2n) is 7.50. The van der Waals surface area contributed by atoms with Crippen LogP contribution in [-0.2, 0) is 4.79 Å². The van der Waals surface area contributed by atoms with Crippen LogP contribution in [0.4, 0.5) is 11.4 Å². The Bertz CT molecular complexity index is 673. The molecule has 3 aliphatic heterocycles. The third-order valence-electron chi connectivity index (χ3n) is 5.99. The summed E-state index contributed by atoms with van der Waals surface area (Å²) >= 11 is 0. The van der Waals surface area contributed by atoms with E-state index >= 15 is 0 Å². The van der Waals surface area contributed by atoms with Crippen LogP contribution in [0.25, 0.3) is 0 Å². The van der Waals surface area contributed by atoms with E-state index in [1.54, 1.807) is 14.0 Å². The van der Waals surface area contributed by atoms with E-state index in [0.717, 1.165) is 37.6 Å². The first-order chi connectivity index (χ1) is 11.5. The molecule has 2 unspecified atom stereocenters. The highest BCUT2D eigenvalue weighted by molar-refractivity contribution is 5.98. The summed E-state index contributed by atoms with van der Waals surface area (Å²) < 4.78 is 5.55.